The van der Waals surface area contributed by atoms with Crippen LogP contribution in [0.4, 0.5) is 4.39 Å². The standard InChI is InChI=1S/C16H20FNO4/c17-13-3-5-14(6-4-13)22-11-15(19)18-7-1-2-12(10-18)16-20-8-9-21-16/h3-6,12,16H,1-2,7-11H2/t12-/m0/s1. The van der Waals surface area contributed by atoms with Gasteiger partial charge in [-0.25, -0.2) is 4.39 Å². The smallest absolute Gasteiger partial charge is 0.260 e. The normalized spacial score (nSPS) is 22.8. The number of carbonyl (C=O) groups is 1. The molecule has 2 aliphatic heterocycles. The van der Waals surface area contributed by atoms with Crippen LogP contribution in [0.5, 0.6) is 5.75 Å². The fraction of sp³-hybridized carbons (Fsp3) is 0.562. The number of rotatable bonds is 4. The molecule has 1 atom stereocenters. The van der Waals surface area contributed by atoms with E-state index >= 15 is 0 Å². The van der Waals surface area contributed by atoms with Gasteiger partial charge in [-0.1, -0.05) is 0 Å². The zero-order chi connectivity index (χ0) is 15.4. The van der Waals surface area contributed by atoms with Gasteiger partial charge in [0.2, 0.25) is 0 Å². The average molecular weight is 309 g/mol. The molecule has 2 aliphatic rings. The highest BCUT2D eigenvalue weighted by Gasteiger charge is 2.32. The fourth-order valence-corrected chi connectivity index (χ4v) is 2.87. The van der Waals surface area contributed by atoms with Crippen molar-refractivity contribution in [3.8, 4) is 5.75 Å². The van der Waals surface area contributed by atoms with Crippen LogP contribution in [0.25, 0.3) is 0 Å². The van der Waals surface area contributed by atoms with Crippen molar-refractivity contribution >= 4 is 5.91 Å². The lowest BCUT2D eigenvalue weighted by Gasteiger charge is -2.34. The number of hydrogen-bond donors (Lipinski definition) is 0. The molecule has 2 fully saturated rings. The van der Waals surface area contributed by atoms with Crippen molar-refractivity contribution in [2.75, 3.05) is 32.9 Å². The van der Waals surface area contributed by atoms with Gasteiger partial charge in [-0.3, -0.25) is 4.79 Å². The SMILES string of the molecule is O=C(COc1ccc(F)cc1)N1CCC[C@H](C2OCCO2)C1. The third-order valence-electron chi connectivity index (χ3n) is 4.02. The highest BCUT2D eigenvalue weighted by atomic mass is 19.1. The summed E-state index contributed by atoms with van der Waals surface area (Å²) in [6.45, 7) is 2.58. The van der Waals surface area contributed by atoms with Gasteiger partial charge in [-0.2, -0.15) is 0 Å². The topological polar surface area (TPSA) is 48.0 Å². The molecular weight excluding hydrogens is 289 g/mol. The fourth-order valence-electron chi connectivity index (χ4n) is 2.87. The quantitative estimate of drug-likeness (QED) is 0.851. The molecule has 0 spiro atoms. The third kappa shape index (κ3) is 3.75. The van der Waals surface area contributed by atoms with E-state index in [-0.39, 0.29) is 30.5 Å². The van der Waals surface area contributed by atoms with Crippen LogP contribution >= 0.6 is 0 Å². The highest BCUT2D eigenvalue weighted by Crippen LogP contribution is 2.25. The van der Waals surface area contributed by atoms with E-state index in [0.717, 1.165) is 19.4 Å². The first-order valence-electron chi connectivity index (χ1n) is 7.62. The first-order chi connectivity index (χ1) is 10.7. The molecule has 0 unspecified atom stereocenters. The zero-order valence-electron chi connectivity index (χ0n) is 12.4. The molecule has 0 bridgehead atoms. The lowest BCUT2D eigenvalue weighted by Crippen LogP contribution is -2.45. The summed E-state index contributed by atoms with van der Waals surface area (Å²) in [5.41, 5.74) is 0. The van der Waals surface area contributed by atoms with Crippen LogP contribution in [0.2, 0.25) is 0 Å². The van der Waals surface area contributed by atoms with E-state index in [2.05, 4.69) is 0 Å². The van der Waals surface area contributed by atoms with E-state index in [9.17, 15) is 9.18 Å². The van der Waals surface area contributed by atoms with Gasteiger partial charge in [0.15, 0.2) is 12.9 Å². The Labute approximate surface area is 128 Å². The third-order valence-corrected chi connectivity index (χ3v) is 4.02. The Kier molecular flexibility index (Phi) is 4.90. The number of carbonyl (C=O) groups excluding carboxylic acids is 1. The van der Waals surface area contributed by atoms with Gasteiger partial charge in [-0.05, 0) is 37.1 Å². The van der Waals surface area contributed by atoms with Crippen molar-refractivity contribution in [3.63, 3.8) is 0 Å². The van der Waals surface area contributed by atoms with Crippen molar-refractivity contribution in [1.29, 1.82) is 0 Å². The molecule has 1 amide bonds. The molecule has 0 N–H and O–H groups in total. The number of nitrogens with zero attached hydrogens (tertiary/aromatic N) is 1. The van der Waals surface area contributed by atoms with E-state index in [1.54, 1.807) is 4.90 Å². The van der Waals surface area contributed by atoms with Crippen LogP contribution in [0, 0.1) is 11.7 Å². The molecule has 0 aromatic heterocycles. The van der Waals surface area contributed by atoms with Gasteiger partial charge in [-0.15, -0.1) is 0 Å². The predicted octanol–water partition coefficient (Wildman–Crippen LogP) is 1.82. The Hall–Kier alpha value is -1.66. The van der Waals surface area contributed by atoms with Crippen LogP contribution < -0.4 is 4.74 Å². The molecule has 1 aromatic rings. The minimum Gasteiger partial charge on any atom is -0.484 e. The number of piperidine rings is 1. The van der Waals surface area contributed by atoms with Crippen LogP contribution in [0.1, 0.15) is 12.8 Å². The molecule has 22 heavy (non-hydrogen) atoms. The second-order valence-electron chi connectivity index (χ2n) is 5.59. The number of likely N-dealkylation sites (tertiary alicyclic amines) is 1. The van der Waals surface area contributed by atoms with E-state index in [0.29, 0.717) is 25.5 Å². The number of halogens is 1. The Morgan fingerprint density at radius 2 is 2.00 bits per heavy atom. The number of amides is 1. The molecule has 0 radical (unpaired) electrons. The van der Waals surface area contributed by atoms with E-state index < -0.39 is 0 Å². The summed E-state index contributed by atoms with van der Waals surface area (Å²) >= 11 is 0. The highest BCUT2D eigenvalue weighted by molar-refractivity contribution is 5.77. The number of ether oxygens (including phenoxy) is 3. The lowest BCUT2D eigenvalue weighted by atomic mass is 9.97. The lowest BCUT2D eigenvalue weighted by molar-refractivity contribution is -0.141. The first-order valence-corrected chi connectivity index (χ1v) is 7.62. The van der Waals surface area contributed by atoms with Crippen molar-refractivity contribution in [3.05, 3.63) is 30.1 Å². The van der Waals surface area contributed by atoms with Gasteiger partial charge in [0, 0.05) is 19.0 Å². The summed E-state index contributed by atoms with van der Waals surface area (Å²) in [4.78, 5) is 14.0. The molecule has 1 aromatic carbocycles. The molecule has 2 saturated heterocycles. The summed E-state index contributed by atoms with van der Waals surface area (Å²) in [7, 11) is 0. The number of benzene rings is 1. The molecule has 5 nitrogen and oxygen atoms in total. The van der Waals surface area contributed by atoms with Gasteiger partial charge in [0.05, 0.1) is 13.2 Å². The van der Waals surface area contributed by atoms with Gasteiger partial charge in [0.25, 0.3) is 5.91 Å². The molecule has 0 saturated carbocycles. The van der Waals surface area contributed by atoms with Crippen LogP contribution in [0.3, 0.4) is 0 Å². The number of hydrogen-bond acceptors (Lipinski definition) is 4. The van der Waals surface area contributed by atoms with Crippen molar-refractivity contribution in [2.24, 2.45) is 5.92 Å². The first kappa shape index (κ1) is 15.2. The molecule has 6 heteroatoms. The Bertz CT molecular complexity index is 501. The van der Waals surface area contributed by atoms with Crippen LogP contribution in [-0.4, -0.2) is 50.0 Å². The zero-order valence-corrected chi connectivity index (χ0v) is 12.4. The predicted molar refractivity (Wildman–Crippen MR) is 76.9 cm³/mol. The Morgan fingerprint density at radius 1 is 1.27 bits per heavy atom. The Balaban J connectivity index is 1.49. The van der Waals surface area contributed by atoms with Crippen molar-refractivity contribution < 1.29 is 23.4 Å². The molecule has 120 valence electrons. The maximum Gasteiger partial charge on any atom is 0.260 e. The van der Waals surface area contributed by atoms with Crippen LogP contribution in [-0.2, 0) is 14.3 Å². The van der Waals surface area contributed by atoms with Gasteiger partial charge >= 0.3 is 0 Å². The largest absolute Gasteiger partial charge is 0.484 e. The monoisotopic (exact) mass is 309 g/mol. The van der Waals surface area contributed by atoms with Crippen LogP contribution in [0.15, 0.2) is 24.3 Å². The van der Waals surface area contributed by atoms with E-state index in [1.807, 2.05) is 0 Å². The second kappa shape index (κ2) is 7.07. The minimum atomic E-state index is -0.325. The maximum absolute atomic E-state index is 12.8. The summed E-state index contributed by atoms with van der Waals surface area (Å²) < 4.78 is 29.3. The maximum atomic E-state index is 12.8. The molecule has 2 heterocycles. The van der Waals surface area contributed by atoms with E-state index in [4.69, 9.17) is 14.2 Å². The summed E-state index contributed by atoms with van der Waals surface area (Å²) in [5, 5.41) is 0. The second-order valence-corrected chi connectivity index (χ2v) is 5.59. The Morgan fingerprint density at radius 3 is 2.73 bits per heavy atom. The molecule has 3 rings (SSSR count). The minimum absolute atomic E-state index is 0.0370. The summed E-state index contributed by atoms with van der Waals surface area (Å²) in [6.07, 6.45) is 1.76. The van der Waals surface area contributed by atoms with Gasteiger partial charge < -0.3 is 19.1 Å². The van der Waals surface area contributed by atoms with E-state index in [1.165, 1.54) is 24.3 Å². The van der Waals surface area contributed by atoms with Crippen molar-refractivity contribution in [1.82, 2.24) is 4.90 Å². The molecule has 0 aliphatic carbocycles. The van der Waals surface area contributed by atoms with Crippen molar-refractivity contribution in [2.45, 2.75) is 19.1 Å². The molecular formula is C16H20FNO4. The summed E-state index contributed by atoms with van der Waals surface area (Å²) in [5.74, 6) is 0.331. The summed E-state index contributed by atoms with van der Waals surface area (Å²) in [6, 6.07) is 5.65. The van der Waals surface area contributed by atoms with Gasteiger partial charge in [0.1, 0.15) is 11.6 Å². The average Bonchev–Trinajstić information content (AvgIpc) is 3.09.